The van der Waals surface area contributed by atoms with Crippen LogP contribution in [-0.4, -0.2) is 31.4 Å². The number of hydrogen-bond acceptors (Lipinski definition) is 4. The SMILES string of the molecule is COc1cc(/C=C/c2nc3n(n2)CCC[C@@H]3c2cc(F)c(F)c(F)c2)ccc1-n1cnc(C)c1. The lowest BCUT2D eigenvalue weighted by atomic mass is 9.91. The molecule has 5 rings (SSSR count). The normalized spacial score (nSPS) is 15.6. The lowest BCUT2D eigenvalue weighted by Gasteiger charge is -2.22. The molecule has 0 unspecified atom stereocenters. The van der Waals surface area contributed by atoms with Crippen molar-refractivity contribution in [2.24, 2.45) is 0 Å². The van der Waals surface area contributed by atoms with Crippen molar-refractivity contribution in [3.05, 3.63) is 88.8 Å². The summed E-state index contributed by atoms with van der Waals surface area (Å²) < 4.78 is 50.2. The van der Waals surface area contributed by atoms with Crippen molar-refractivity contribution in [1.29, 1.82) is 0 Å². The lowest BCUT2D eigenvalue weighted by Crippen LogP contribution is -2.18. The van der Waals surface area contributed by atoms with Crippen LogP contribution in [0, 0.1) is 24.4 Å². The molecule has 0 saturated heterocycles. The summed E-state index contributed by atoms with van der Waals surface area (Å²) in [6.07, 6.45) is 8.73. The molecule has 34 heavy (non-hydrogen) atoms. The Hall–Kier alpha value is -3.88. The van der Waals surface area contributed by atoms with Crippen LogP contribution >= 0.6 is 0 Å². The highest BCUT2D eigenvalue weighted by atomic mass is 19.2. The standard InChI is InChI=1S/C25H22F3N5O/c1-15-13-32(14-29-15)21-7-5-16(10-22(21)34-2)6-8-23-30-25-18(4-3-9-33(25)31-23)17-11-19(26)24(28)20(27)12-17/h5-8,10-14,18H,3-4,9H2,1-2H3/b8-6+/t18-/m1/s1. The molecule has 2 aromatic heterocycles. The highest BCUT2D eigenvalue weighted by Crippen LogP contribution is 2.34. The van der Waals surface area contributed by atoms with Crippen molar-refractivity contribution in [3.63, 3.8) is 0 Å². The number of halogens is 3. The van der Waals surface area contributed by atoms with E-state index in [-0.39, 0.29) is 5.92 Å². The van der Waals surface area contributed by atoms with E-state index < -0.39 is 17.5 Å². The number of aromatic nitrogens is 5. The first-order valence-corrected chi connectivity index (χ1v) is 10.9. The summed E-state index contributed by atoms with van der Waals surface area (Å²) in [6.45, 7) is 2.58. The van der Waals surface area contributed by atoms with E-state index in [0.29, 0.717) is 35.9 Å². The molecule has 0 fully saturated rings. The Bertz CT molecular complexity index is 1370. The maximum Gasteiger partial charge on any atom is 0.194 e. The third-order valence-corrected chi connectivity index (χ3v) is 5.92. The summed E-state index contributed by atoms with van der Waals surface area (Å²) in [5.74, 6) is -2.43. The van der Waals surface area contributed by atoms with Crippen molar-refractivity contribution in [2.75, 3.05) is 7.11 Å². The van der Waals surface area contributed by atoms with Crippen LogP contribution in [0.3, 0.4) is 0 Å². The Morgan fingerprint density at radius 1 is 1.09 bits per heavy atom. The van der Waals surface area contributed by atoms with E-state index in [1.54, 1.807) is 24.2 Å². The third kappa shape index (κ3) is 4.09. The summed E-state index contributed by atoms with van der Waals surface area (Å²) in [6, 6.07) is 7.88. The minimum Gasteiger partial charge on any atom is -0.495 e. The van der Waals surface area contributed by atoms with Gasteiger partial charge in [-0.1, -0.05) is 12.1 Å². The topological polar surface area (TPSA) is 57.8 Å². The van der Waals surface area contributed by atoms with Crippen molar-refractivity contribution in [3.8, 4) is 11.4 Å². The number of hydrogen-bond donors (Lipinski definition) is 0. The number of benzene rings is 2. The highest BCUT2D eigenvalue weighted by molar-refractivity contribution is 5.69. The molecular weight excluding hydrogens is 443 g/mol. The molecule has 0 amide bonds. The molecule has 0 saturated carbocycles. The molecule has 0 bridgehead atoms. The molecule has 1 aliphatic heterocycles. The van der Waals surface area contributed by atoms with Gasteiger partial charge in [-0.05, 0) is 61.2 Å². The van der Waals surface area contributed by atoms with Crippen LogP contribution in [0.25, 0.3) is 17.8 Å². The van der Waals surface area contributed by atoms with Gasteiger partial charge in [-0.15, -0.1) is 0 Å². The molecule has 3 heterocycles. The second kappa shape index (κ2) is 8.81. The predicted octanol–water partition coefficient (Wildman–Crippen LogP) is 5.29. The van der Waals surface area contributed by atoms with Crippen molar-refractivity contribution < 1.29 is 17.9 Å². The minimum absolute atomic E-state index is 0.356. The fraction of sp³-hybridized carbons (Fsp3) is 0.240. The first-order valence-electron chi connectivity index (χ1n) is 10.9. The first kappa shape index (κ1) is 21.9. The van der Waals surface area contributed by atoms with Crippen LogP contribution in [0.15, 0.2) is 42.9 Å². The molecule has 0 radical (unpaired) electrons. The van der Waals surface area contributed by atoms with Crippen molar-refractivity contribution in [1.82, 2.24) is 24.3 Å². The van der Waals surface area contributed by atoms with E-state index in [0.717, 1.165) is 35.5 Å². The zero-order valence-corrected chi connectivity index (χ0v) is 18.7. The second-order valence-corrected chi connectivity index (χ2v) is 8.23. The second-order valence-electron chi connectivity index (χ2n) is 8.23. The molecule has 1 aliphatic rings. The van der Waals surface area contributed by atoms with Gasteiger partial charge in [0.15, 0.2) is 23.3 Å². The molecule has 174 valence electrons. The monoisotopic (exact) mass is 465 g/mol. The highest BCUT2D eigenvalue weighted by Gasteiger charge is 2.27. The number of methoxy groups -OCH3 is 1. The van der Waals surface area contributed by atoms with Gasteiger partial charge in [0.05, 0.1) is 24.8 Å². The zero-order chi connectivity index (χ0) is 23.8. The number of nitrogens with zero attached hydrogens (tertiary/aromatic N) is 5. The predicted molar refractivity (Wildman–Crippen MR) is 121 cm³/mol. The summed E-state index contributed by atoms with van der Waals surface area (Å²) >= 11 is 0. The van der Waals surface area contributed by atoms with E-state index in [1.165, 1.54) is 0 Å². The Labute approximate surface area is 194 Å². The average Bonchev–Trinajstić information content (AvgIpc) is 3.46. The van der Waals surface area contributed by atoms with E-state index in [9.17, 15) is 13.2 Å². The number of ether oxygens (including phenoxy) is 1. The smallest absolute Gasteiger partial charge is 0.194 e. The fourth-order valence-corrected chi connectivity index (χ4v) is 4.27. The van der Waals surface area contributed by atoms with Gasteiger partial charge in [0.1, 0.15) is 11.6 Å². The number of rotatable bonds is 5. The number of imidazole rings is 1. The average molecular weight is 465 g/mol. The molecule has 9 heteroatoms. The van der Waals surface area contributed by atoms with Gasteiger partial charge in [0.2, 0.25) is 0 Å². The van der Waals surface area contributed by atoms with Gasteiger partial charge in [0.25, 0.3) is 0 Å². The molecule has 0 aliphatic carbocycles. The molecule has 6 nitrogen and oxygen atoms in total. The Balaban J connectivity index is 1.42. The van der Waals surface area contributed by atoms with E-state index in [1.807, 2.05) is 42.0 Å². The van der Waals surface area contributed by atoms with E-state index in [2.05, 4.69) is 15.1 Å². The molecule has 0 spiro atoms. The van der Waals surface area contributed by atoms with E-state index >= 15 is 0 Å². The maximum atomic E-state index is 13.8. The minimum atomic E-state index is -1.46. The Kier molecular flexibility index (Phi) is 5.69. The molecular formula is C25H22F3N5O. The van der Waals surface area contributed by atoms with Gasteiger partial charge in [-0.2, -0.15) is 5.10 Å². The van der Waals surface area contributed by atoms with Gasteiger partial charge >= 0.3 is 0 Å². The van der Waals surface area contributed by atoms with Crippen LogP contribution in [-0.2, 0) is 6.54 Å². The lowest BCUT2D eigenvalue weighted by molar-refractivity contribution is 0.413. The summed E-state index contributed by atoms with van der Waals surface area (Å²) in [5, 5.41) is 4.53. The van der Waals surface area contributed by atoms with Gasteiger partial charge < -0.3 is 9.30 Å². The Morgan fingerprint density at radius 2 is 1.88 bits per heavy atom. The van der Waals surface area contributed by atoms with Gasteiger partial charge in [-0.3, -0.25) is 0 Å². The zero-order valence-electron chi connectivity index (χ0n) is 18.7. The molecule has 2 aromatic carbocycles. The van der Waals surface area contributed by atoms with Gasteiger partial charge in [0, 0.05) is 18.7 Å². The fourth-order valence-electron chi connectivity index (χ4n) is 4.27. The maximum absolute atomic E-state index is 13.8. The third-order valence-electron chi connectivity index (χ3n) is 5.92. The van der Waals surface area contributed by atoms with Crippen LogP contribution < -0.4 is 4.74 Å². The van der Waals surface area contributed by atoms with Crippen LogP contribution in [0.5, 0.6) is 5.75 Å². The summed E-state index contributed by atoms with van der Waals surface area (Å²) in [7, 11) is 1.61. The van der Waals surface area contributed by atoms with Crippen molar-refractivity contribution in [2.45, 2.75) is 32.2 Å². The molecule has 4 aromatic rings. The van der Waals surface area contributed by atoms with Crippen LogP contribution in [0.2, 0.25) is 0 Å². The van der Waals surface area contributed by atoms with E-state index in [4.69, 9.17) is 4.74 Å². The Morgan fingerprint density at radius 3 is 2.59 bits per heavy atom. The first-order chi connectivity index (χ1) is 16.4. The number of fused-ring (bicyclic) bond motifs is 1. The summed E-state index contributed by atoms with van der Waals surface area (Å²) in [5.41, 5.74) is 3.03. The molecule has 0 N–H and O–H groups in total. The largest absolute Gasteiger partial charge is 0.495 e. The number of aryl methyl sites for hydroxylation is 2. The van der Waals surface area contributed by atoms with Crippen molar-refractivity contribution >= 4 is 12.2 Å². The quantitative estimate of drug-likeness (QED) is 0.376. The van der Waals surface area contributed by atoms with Gasteiger partial charge in [-0.25, -0.2) is 27.8 Å². The summed E-state index contributed by atoms with van der Waals surface area (Å²) in [4.78, 5) is 8.85. The molecule has 1 atom stereocenters. The van der Waals surface area contributed by atoms with Crippen LogP contribution in [0.4, 0.5) is 13.2 Å². The van der Waals surface area contributed by atoms with Crippen LogP contribution in [0.1, 0.15) is 47.2 Å².